The van der Waals surface area contributed by atoms with Gasteiger partial charge in [-0.05, 0) is 47.2 Å². The molecule has 0 bridgehead atoms. The average Bonchev–Trinajstić information content (AvgIpc) is 2.75. The van der Waals surface area contributed by atoms with Crippen LogP contribution in [0.2, 0.25) is 0 Å². The molecule has 1 N–H and O–H groups in total. The van der Waals surface area contributed by atoms with Gasteiger partial charge in [0.05, 0.1) is 6.10 Å². The van der Waals surface area contributed by atoms with Crippen molar-refractivity contribution < 1.29 is 5.11 Å². The van der Waals surface area contributed by atoms with Gasteiger partial charge in [0, 0.05) is 22.0 Å². The topological polar surface area (TPSA) is 23.5 Å². The van der Waals surface area contributed by atoms with Gasteiger partial charge in [0.2, 0.25) is 0 Å². The highest BCUT2D eigenvalue weighted by Crippen LogP contribution is 2.28. The molecule has 1 aromatic heterocycles. The van der Waals surface area contributed by atoms with E-state index in [1.54, 1.807) is 11.3 Å². The summed E-state index contributed by atoms with van der Waals surface area (Å²) in [5.74, 6) is 0. The Balaban J connectivity index is 1.95. The first-order valence-electron chi connectivity index (χ1n) is 4.89. The monoisotopic (exact) mass is 275 g/mol. The van der Waals surface area contributed by atoms with E-state index in [1.165, 1.54) is 12.8 Å². The van der Waals surface area contributed by atoms with Gasteiger partial charge in [-0.1, -0.05) is 0 Å². The molecule has 1 fully saturated rings. The SMILES string of the molecule is OC(CN1CCCC1)c1cscc1Br. The number of hydrogen-bond donors (Lipinski definition) is 1. The van der Waals surface area contributed by atoms with Crippen molar-refractivity contribution in [2.45, 2.75) is 18.9 Å². The molecule has 2 nitrogen and oxygen atoms in total. The molecule has 0 saturated carbocycles. The quantitative estimate of drug-likeness (QED) is 0.917. The van der Waals surface area contributed by atoms with Crippen LogP contribution in [0.3, 0.4) is 0 Å². The van der Waals surface area contributed by atoms with Gasteiger partial charge >= 0.3 is 0 Å². The minimum Gasteiger partial charge on any atom is -0.387 e. The number of thiophene rings is 1. The van der Waals surface area contributed by atoms with Crippen molar-refractivity contribution in [1.82, 2.24) is 4.90 Å². The Bertz CT molecular complexity index is 296. The molecule has 1 unspecified atom stereocenters. The Labute approximate surface area is 96.7 Å². The largest absolute Gasteiger partial charge is 0.387 e. The molecule has 1 atom stereocenters. The molecule has 1 aliphatic rings. The molecular formula is C10H14BrNOS. The van der Waals surface area contributed by atoms with Crippen LogP contribution >= 0.6 is 27.3 Å². The molecule has 1 aromatic rings. The molecule has 14 heavy (non-hydrogen) atoms. The number of nitrogens with zero attached hydrogens (tertiary/aromatic N) is 1. The lowest BCUT2D eigenvalue weighted by atomic mass is 10.2. The van der Waals surface area contributed by atoms with E-state index in [-0.39, 0.29) is 6.10 Å². The fourth-order valence-electron chi connectivity index (χ4n) is 1.84. The summed E-state index contributed by atoms with van der Waals surface area (Å²) in [6, 6.07) is 0. The summed E-state index contributed by atoms with van der Waals surface area (Å²) in [6.45, 7) is 3.05. The zero-order valence-corrected chi connectivity index (χ0v) is 10.4. The number of hydrogen-bond acceptors (Lipinski definition) is 3. The van der Waals surface area contributed by atoms with Crippen LogP contribution in [0.1, 0.15) is 24.5 Å². The van der Waals surface area contributed by atoms with Crippen molar-refractivity contribution in [3.8, 4) is 0 Å². The third-order valence-electron chi connectivity index (χ3n) is 2.63. The van der Waals surface area contributed by atoms with E-state index in [2.05, 4.69) is 20.8 Å². The molecule has 4 heteroatoms. The molecule has 1 saturated heterocycles. The van der Waals surface area contributed by atoms with E-state index in [9.17, 15) is 5.11 Å². The Morgan fingerprint density at radius 3 is 2.71 bits per heavy atom. The number of likely N-dealkylation sites (tertiary alicyclic amines) is 1. The van der Waals surface area contributed by atoms with E-state index in [0.717, 1.165) is 29.7 Å². The molecule has 0 amide bonds. The summed E-state index contributed by atoms with van der Waals surface area (Å²) in [4.78, 5) is 2.33. The van der Waals surface area contributed by atoms with Gasteiger partial charge < -0.3 is 10.0 Å². The first kappa shape index (κ1) is 10.6. The first-order valence-corrected chi connectivity index (χ1v) is 6.63. The van der Waals surface area contributed by atoms with E-state index in [1.807, 2.05) is 10.8 Å². The molecule has 2 heterocycles. The van der Waals surface area contributed by atoms with Gasteiger partial charge in [0.15, 0.2) is 0 Å². The van der Waals surface area contributed by atoms with Gasteiger partial charge in [0.25, 0.3) is 0 Å². The molecule has 0 radical (unpaired) electrons. The minimum atomic E-state index is -0.339. The third kappa shape index (κ3) is 2.37. The van der Waals surface area contributed by atoms with Crippen LogP contribution in [0.15, 0.2) is 15.2 Å². The predicted octanol–water partition coefficient (Wildman–Crippen LogP) is 2.64. The minimum absolute atomic E-state index is 0.339. The Hall–Kier alpha value is 0.100. The fourth-order valence-corrected chi connectivity index (χ4v) is 3.45. The standard InChI is InChI=1S/C10H14BrNOS/c11-9-7-14-6-8(9)10(13)5-12-3-1-2-4-12/h6-7,10,13H,1-5H2. The lowest BCUT2D eigenvalue weighted by molar-refractivity contribution is 0.126. The first-order chi connectivity index (χ1) is 6.77. The van der Waals surface area contributed by atoms with E-state index < -0.39 is 0 Å². The van der Waals surface area contributed by atoms with Crippen LogP contribution in [0.4, 0.5) is 0 Å². The predicted molar refractivity (Wildman–Crippen MR) is 62.7 cm³/mol. The van der Waals surface area contributed by atoms with Crippen molar-refractivity contribution >= 4 is 27.3 Å². The zero-order chi connectivity index (χ0) is 9.97. The zero-order valence-electron chi connectivity index (χ0n) is 7.95. The van der Waals surface area contributed by atoms with Crippen LogP contribution in [-0.4, -0.2) is 29.6 Å². The van der Waals surface area contributed by atoms with Crippen LogP contribution in [-0.2, 0) is 0 Å². The van der Waals surface area contributed by atoms with E-state index in [0.29, 0.717) is 0 Å². The lowest BCUT2D eigenvalue weighted by Crippen LogP contribution is -2.25. The lowest BCUT2D eigenvalue weighted by Gasteiger charge is -2.18. The second kappa shape index (κ2) is 4.75. The number of rotatable bonds is 3. The number of aliphatic hydroxyl groups excluding tert-OH is 1. The van der Waals surface area contributed by atoms with Gasteiger partial charge in [-0.15, -0.1) is 0 Å². The van der Waals surface area contributed by atoms with Crippen molar-refractivity contribution in [2.75, 3.05) is 19.6 Å². The van der Waals surface area contributed by atoms with Crippen LogP contribution < -0.4 is 0 Å². The van der Waals surface area contributed by atoms with Crippen molar-refractivity contribution in [3.05, 3.63) is 20.8 Å². The van der Waals surface area contributed by atoms with Crippen molar-refractivity contribution in [1.29, 1.82) is 0 Å². The second-order valence-corrected chi connectivity index (χ2v) is 5.30. The van der Waals surface area contributed by atoms with E-state index in [4.69, 9.17) is 0 Å². The molecule has 1 aliphatic heterocycles. The highest BCUT2D eigenvalue weighted by molar-refractivity contribution is 9.10. The third-order valence-corrected chi connectivity index (χ3v) is 4.38. The van der Waals surface area contributed by atoms with Gasteiger partial charge in [0.1, 0.15) is 0 Å². The van der Waals surface area contributed by atoms with Crippen LogP contribution in [0.5, 0.6) is 0 Å². The molecule has 78 valence electrons. The Morgan fingerprint density at radius 2 is 2.14 bits per heavy atom. The molecule has 0 aromatic carbocycles. The summed E-state index contributed by atoms with van der Waals surface area (Å²) < 4.78 is 1.04. The fraction of sp³-hybridized carbons (Fsp3) is 0.600. The van der Waals surface area contributed by atoms with Gasteiger partial charge in [-0.25, -0.2) is 0 Å². The second-order valence-electron chi connectivity index (χ2n) is 3.70. The van der Waals surface area contributed by atoms with Gasteiger partial charge in [-0.2, -0.15) is 11.3 Å². The van der Waals surface area contributed by atoms with E-state index >= 15 is 0 Å². The summed E-state index contributed by atoms with van der Waals surface area (Å²) in [5.41, 5.74) is 1.03. The highest BCUT2D eigenvalue weighted by Gasteiger charge is 2.18. The molecule has 2 rings (SSSR count). The van der Waals surface area contributed by atoms with Crippen molar-refractivity contribution in [3.63, 3.8) is 0 Å². The number of β-amino-alcohol motifs (C(OH)–C–C–N with tert-alkyl or cyclic N) is 1. The van der Waals surface area contributed by atoms with Crippen LogP contribution in [0, 0.1) is 0 Å². The Morgan fingerprint density at radius 1 is 1.43 bits per heavy atom. The maximum absolute atomic E-state index is 9.99. The maximum Gasteiger partial charge on any atom is 0.0935 e. The Kier molecular flexibility index (Phi) is 3.60. The smallest absolute Gasteiger partial charge is 0.0935 e. The number of halogens is 1. The summed E-state index contributed by atoms with van der Waals surface area (Å²) >= 11 is 5.08. The summed E-state index contributed by atoms with van der Waals surface area (Å²) in [6.07, 6.45) is 2.21. The molecular weight excluding hydrogens is 262 g/mol. The summed E-state index contributed by atoms with van der Waals surface area (Å²) in [5, 5.41) is 14.0. The molecule has 0 spiro atoms. The van der Waals surface area contributed by atoms with Crippen molar-refractivity contribution in [2.24, 2.45) is 0 Å². The highest BCUT2D eigenvalue weighted by atomic mass is 79.9. The van der Waals surface area contributed by atoms with Gasteiger partial charge in [-0.3, -0.25) is 0 Å². The van der Waals surface area contributed by atoms with Crippen LogP contribution in [0.25, 0.3) is 0 Å². The summed E-state index contributed by atoms with van der Waals surface area (Å²) in [7, 11) is 0. The normalized spacial score (nSPS) is 20.1. The number of aliphatic hydroxyl groups is 1. The molecule has 0 aliphatic carbocycles. The maximum atomic E-state index is 9.99. The average molecular weight is 276 g/mol.